The first kappa shape index (κ1) is 11.5. The van der Waals surface area contributed by atoms with E-state index in [0.29, 0.717) is 18.9 Å². The fourth-order valence-electron chi connectivity index (χ4n) is 2.04. The maximum absolute atomic E-state index is 11.9. The van der Waals surface area contributed by atoms with Crippen LogP contribution in [0.1, 0.15) is 28.7 Å². The minimum absolute atomic E-state index is 0.0127. The van der Waals surface area contributed by atoms with Crippen LogP contribution in [0, 0.1) is 0 Å². The Balaban J connectivity index is 1.78. The van der Waals surface area contributed by atoms with Crippen molar-refractivity contribution in [1.82, 2.24) is 15.1 Å². The van der Waals surface area contributed by atoms with Crippen LogP contribution >= 0.6 is 0 Å². The lowest BCUT2D eigenvalue weighted by Crippen LogP contribution is -2.22. The van der Waals surface area contributed by atoms with Crippen LogP contribution in [0.2, 0.25) is 0 Å². The molecule has 7 heteroatoms. The first-order valence-corrected chi connectivity index (χ1v) is 5.81. The van der Waals surface area contributed by atoms with Crippen LogP contribution in [0.3, 0.4) is 0 Å². The van der Waals surface area contributed by atoms with Gasteiger partial charge in [0.2, 0.25) is 5.91 Å². The molecule has 3 rings (SSSR count). The number of carbonyl (C=O) groups is 2. The van der Waals surface area contributed by atoms with Crippen molar-refractivity contribution in [1.29, 1.82) is 0 Å². The second-order valence-corrected chi connectivity index (χ2v) is 4.33. The number of nitrogens with zero attached hydrogens (tertiary/aromatic N) is 2. The molecule has 0 aromatic carbocycles. The standard InChI is InChI=1S/C12H12N4O3/c1-7(17)16-5-8-9(6-16)14-15-11(8)13-12(18)10-3-2-4-19-10/h2-4H,5-6H2,1H3,(H2,13,14,15,18). The fourth-order valence-corrected chi connectivity index (χ4v) is 2.04. The highest BCUT2D eigenvalue weighted by molar-refractivity contribution is 6.02. The van der Waals surface area contributed by atoms with Crippen LogP contribution < -0.4 is 5.32 Å². The Morgan fingerprint density at radius 2 is 2.32 bits per heavy atom. The predicted molar refractivity (Wildman–Crippen MR) is 65.2 cm³/mol. The number of nitrogens with one attached hydrogen (secondary N) is 2. The third-order valence-corrected chi connectivity index (χ3v) is 3.07. The number of carbonyl (C=O) groups excluding carboxylic acids is 2. The van der Waals surface area contributed by atoms with Gasteiger partial charge in [0.15, 0.2) is 5.76 Å². The molecular formula is C12H12N4O3. The normalized spacial score (nSPS) is 13.4. The van der Waals surface area contributed by atoms with Gasteiger partial charge in [-0.3, -0.25) is 14.7 Å². The molecule has 2 N–H and O–H groups in total. The average Bonchev–Trinajstić information content (AvgIpc) is 3.05. The molecule has 19 heavy (non-hydrogen) atoms. The number of anilines is 1. The summed E-state index contributed by atoms with van der Waals surface area (Å²) in [4.78, 5) is 24.8. The Bertz CT molecular complexity index is 629. The lowest BCUT2D eigenvalue weighted by Gasteiger charge is -2.12. The third kappa shape index (κ3) is 1.99. The van der Waals surface area contributed by atoms with Crippen LogP contribution in [0.5, 0.6) is 0 Å². The molecule has 1 aliphatic rings. The molecule has 0 aliphatic carbocycles. The molecule has 0 atom stereocenters. The number of amides is 2. The van der Waals surface area contributed by atoms with Crippen LogP contribution in [-0.4, -0.2) is 26.9 Å². The molecule has 98 valence electrons. The Morgan fingerprint density at radius 3 is 3.00 bits per heavy atom. The molecule has 0 unspecified atom stereocenters. The summed E-state index contributed by atoms with van der Waals surface area (Å²) < 4.78 is 5.01. The van der Waals surface area contributed by atoms with Crippen molar-refractivity contribution in [3.8, 4) is 0 Å². The van der Waals surface area contributed by atoms with E-state index in [1.165, 1.54) is 13.2 Å². The second kappa shape index (κ2) is 4.27. The largest absolute Gasteiger partial charge is 0.459 e. The summed E-state index contributed by atoms with van der Waals surface area (Å²) >= 11 is 0. The van der Waals surface area contributed by atoms with E-state index >= 15 is 0 Å². The Kier molecular flexibility index (Phi) is 2.59. The highest BCUT2D eigenvalue weighted by Gasteiger charge is 2.27. The first-order chi connectivity index (χ1) is 9.15. The van der Waals surface area contributed by atoms with Crippen molar-refractivity contribution < 1.29 is 14.0 Å². The highest BCUT2D eigenvalue weighted by atomic mass is 16.3. The van der Waals surface area contributed by atoms with Crippen LogP contribution in [0.25, 0.3) is 0 Å². The lowest BCUT2D eigenvalue weighted by atomic mass is 10.3. The zero-order valence-electron chi connectivity index (χ0n) is 10.3. The highest BCUT2D eigenvalue weighted by Crippen LogP contribution is 2.27. The number of rotatable bonds is 2. The van der Waals surface area contributed by atoms with Crippen molar-refractivity contribution in [2.75, 3.05) is 5.32 Å². The molecule has 1 aliphatic heterocycles. The molecule has 0 saturated carbocycles. The van der Waals surface area contributed by atoms with Crippen LogP contribution in [0.4, 0.5) is 5.82 Å². The Hall–Kier alpha value is -2.57. The van der Waals surface area contributed by atoms with Crippen molar-refractivity contribution in [2.45, 2.75) is 20.0 Å². The monoisotopic (exact) mass is 260 g/mol. The van der Waals surface area contributed by atoms with E-state index in [1.807, 2.05) is 0 Å². The van der Waals surface area contributed by atoms with Crippen LogP contribution in [-0.2, 0) is 17.9 Å². The van der Waals surface area contributed by atoms with Gasteiger partial charge in [-0.2, -0.15) is 5.10 Å². The second-order valence-electron chi connectivity index (χ2n) is 4.33. The number of aromatic nitrogens is 2. The summed E-state index contributed by atoms with van der Waals surface area (Å²) in [6.45, 7) is 2.43. The quantitative estimate of drug-likeness (QED) is 0.846. The van der Waals surface area contributed by atoms with Gasteiger partial charge in [-0.25, -0.2) is 0 Å². The molecule has 0 fully saturated rings. The molecule has 0 saturated heterocycles. The summed E-state index contributed by atoms with van der Waals surface area (Å²) in [5, 5.41) is 9.56. The first-order valence-electron chi connectivity index (χ1n) is 5.81. The van der Waals surface area contributed by atoms with E-state index < -0.39 is 0 Å². The van der Waals surface area contributed by atoms with Gasteiger partial charge in [-0.05, 0) is 12.1 Å². The molecule has 0 radical (unpaired) electrons. The van der Waals surface area contributed by atoms with Gasteiger partial charge in [0.1, 0.15) is 5.82 Å². The molecule has 2 aromatic rings. The van der Waals surface area contributed by atoms with Crippen molar-refractivity contribution >= 4 is 17.6 Å². The summed E-state index contributed by atoms with van der Waals surface area (Å²) in [6, 6.07) is 3.22. The van der Waals surface area contributed by atoms with Crippen LogP contribution in [0.15, 0.2) is 22.8 Å². The van der Waals surface area contributed by atoms with Gasteiger partial charge in [0.05, 0.1) is 25.0 Å². The van der Waals surface area contributed by atoms with Gasteiger partial charge in [0, 0.05) is 12.5 Å². The van der Waals surface area contributed by atoms with E-state index in [0.717, 1.165) is 11.3 Å². The molecule has 0 spiro atoms. The Morgan fingerprint density at radius 1 is 1.47 bits per heavy atom. The van der Waals surface area contributed by atoms with Gasteiger partial charge in [0.25, 0.3) is 5.91 Å². The van der Waals surface area contributed by atoms with E-state index in [-0.39, 0.29) is 17.6 Å². The van der Waals surface area contributed by atoms with E-state index in [2.05, 4.69) is 15.5 Å². The molecule has 0 bridgehead atoms. The maximum atomic E-state index is 11.9. The number of H-pyrrole nitrogens is 1. The maximum Gasteiger partial charge on any atom is 0.292 e. The van der Waals surface area contributed by atoms with E-state index in [9.17, 15) is 9.59 Å². The fraction of sp³-hybridized carbons (Fsp3) is 0.250. The molecule has 3 heterocycles. The van der Waals surface area contributed by atoms with Crippen molar-refractivity contribution in [2.24, 2.45) is 0 Å². The SMILES string of the molecule is CC(=O)N1Cc2n[nH]c(NC(=O)c3ccco3)c2C1. The van der Waals surface area contributed by atoms with Crippen molar-refractivity contribution in [3.63, 3.8) is 0 Å². The van der Waals surface area contributed by atoms with Gasteiger partial charge in [-0.1, -0.05) is 0 Å². The zero-order chi connectivity index (χ0) is 13.4. The smallest absolute Gasteiger partial charge is 0.292 e. The summed E-state index contributed by atoms with van der Waals surface area (Å²) in [5.74, 6) is 0.379. The van der Waals surface area contributed by atoms with E-state index in [1.54, 1.807) is 17.0 Å². The third-order valence-electron chi connectivity index (χ3n) is 3.07. The number of hydrogen-bond acceptors (Lipinski definition) is 4. The molecular weight excluding hydrogens is 248 g/mol. The molecule has 7 nitrogen and oxygen atoms in total. The topological polar surface area (TPSA) is 91.2 Å². The number of hydrogen-bond donors (Lipinski definition) is 2. The minimum atomic E-state index is -0.349. The van der Waals surface area contributed by atoms with Gasteiger partial charge < -0.3 is 14.6 Å². The number of aromatic amines is 1. The summed E-state index contributed by atoms with van der Waals surface area (Å²) in [6.07, 6.45) is 1.43. The Labute approximate surface area is 108 Å². The zero-order valence-corrected chi connectivity index (χ0v) is 10.3. The van der Waals surface area contributed by atoms with Gasteiger partial charge >= 0.3 is 0 Å². The molecule has 2 amide bonds. The average molecular weight is 260 g/mol. The predicted octanol–water partition coefficient (Wildman–Crippen LogP) is 1.12. The number of furan rings is 1. The van der Waals surface area contributed by atoms with Gasteiger partial charge in [-0.15, -0.1) is 0 Å². The summed E-state index contributed by atoms with van der Waals surface area (Å²) in [5.41, 5.74) is 1.63. The van der Waals surface area contributed by atoms with Crippen molar-refractivity contribution in [3.05, 3.63) is 35.4 Å². The molecule has 2 aromatic heterocycles. The summed E-state index contributed by atoms with van der Waals surface area (Å²) in [7, 11) is 0. The minimum Gasteiger partial charge on any atom is -0.459 e. The lowest BCUT2D eigenvalue weighted by molar-refractivity contribution is -0.129. The number of fused-ring (bicyclic) bond motifs is 1. The van der Waals surface area contributed by atoms with E-state index in [4.69, 9.17) is 4.42 Å².